The number of carbonyl (C=O) groups is 4. The van der Waals surface area contributed by atoms with E-state index in [-0.39, 0.29) is 34.8 Å². The van der Waals surface area contributed by atoms with Crippen LogP contribution in [-0.2, 0) is 39.9 Å². The zero-order valence-electron chi connectivity index (χ0n) is 34.5. The van der Waals surface area contributed by atoms with Gasteiger partial charge < -0.3 is 29.2 Å². The summed E-state index contributed by atoms with van der Waals surface area (Å²) in [6.45, 7) is 24.1. The van der Waals surface area contributed by atoms with Crippen molar-refractivity contribution in [1.82, 2.24) is 15.1 Å². The number of esters is 3. The fourth-order valence-electron chi connectivity index (χ4n) is 7.76. The highest BCUT2D eigenvalue weighted by atomic mass is 16.6. The molecule has 3 aliphatic heterocycles. The summed E-state index contributed by atoms with van der Waals surface area (Å²) in [6, 6.07) is 10.5. The first-order chi connectivity index (χ1) is 25.2. The number of carbonyl (C=O) groups excluding carboxylic acids is 4. The molecule has 0 saturated carbocycles. The van der Waals surface area contributed by atoms with E-state index in [9.17, 15) is 19.2 Å². The Labute approximate surface area is 320 Å². The van der Waals surface area contributed by atoms with E-state index in [0.717, 1.165) is 84.1 Å². The van der Waals surface area contributed by atoms with E-state index in [1.807, 2.05) is 47.6 Å². The van der Waals surface area contributed by atoms with Crippen LogP contribution in [0.4, 0.5) is 4.79 Å². The van der Waals surface area contributed by atoms with Gasteiger partial charge in [-0.1, -0.05) is 70.4 Å². The topological polar surface area (TPSA) is 124 Å². The Bertz CT molecular complexity index is 1260. The van der Waals surface area contributed by atoms with Crippen LogP contribution in [0.5, 0.6) is 0 Å². The predicted octanol–water partition coefficient (Wildman–Crippen LogP) is 7.55. The second kappa shape index (κ2) is 22.3. The molecule has 302 valence electrons. The van der Waals surface area contributed by atoms with E-state index in [1.165, 1.54) is 5.56 Å². The third-order valence-electron chi connectivity index (χ3n) is 10.2. The molecule has 0 spiro atoms. The van der Waals surface area contributed by atoms with Crippen LogP contribution in [0.3, 0.4) is 0 Å². The molecule has 0 aromatic heterocycles. The normalized spacial score (nSPS) is 24.0. The van der Waals surface area contributed by atoms with Crippen LogP contribution in [0.1, 0.15) is 126 Å². The quantitative estimate of drug-likeness (QED) is 0.151. The number of hydrogen-bond acceptors (Lipinski definition) is 10. The van der Waals surface area contributed by atoms with Crippen molar-refractivity contribution in [3.63, 3.8) is 0 Å². The number of nitrogens with one attached hydrogen (secondary N) is 1. The minimum Gasteiger partial charge on any atom is -0.466 e. The van der Waals surface area contributed by atoms with Crippen molar-refractivity contribution >= 4 is 24.0 Å². The van der Waals surface area contributed by atoms with Crippen LogP contribution in [0.15, 0.2) is 30.3 Å². The summed E-state index contributed by atoms with van der Waals surface area (Å²) in [7, 11) is 0. The van der Waals surface area contributed by atoms with Crippen LogP contribution < -0.4 is 5.32 Å². The van der Waals surface area contributed by atoms with Crippen molar-refractivity contribution in [2.24, 2.45) is 16.2 Å². The van der Waals surface area contributed by atoms with Gasteiger partial charge in [-0.15, -0.1) is 0 Å². The second-order valence-corrected chi connectivity index (χ2v) is 15.8. The fraction of sp³-hybridized carbons (Fsp3) is 0.762. The molecule has 0 bridgehead atoms. The lowest BCUT2D eigenvalue weighted by Gasteiger charge is -2.28. The van der Waals surface area contributed by atoms with Crippen molar-refractivity contribution in [2.45, 2.75) is 132 Å². The predicted molar refractivity (Wildman–Crippen MR) is 208 cm³/mol. The van der Waals surface area contributed by atoms with Gasteiger partial charge in [-0.25, -0.2) is 4.79 Å². The molecular formula is C42H71N3O8. The van der Waals surface area contributed by atoms with Gasteiger partial charge in [-0.2, -0.15) is 0 Å². The van der Waals surface area contributed by atoms with E-state index < -0.39 is 11.0 Å². The molecule has 3 fully saturated rings. The van der Waals surface area contributed by atoms with Gasteiger partial charge in [0.25, 0.3) is 0 Å². The standard InChI is InChI=1S/C17H25NO2.C15H27NO4.C10H19NO2/c1-3-10-17(16(19)20-4-2)11-12-18(14-17)13-15-8-6-5-7-9-15;1-6-8-15(12(17)19-7-2)9-10-16(11-15)13(18)20-14(3,4)5;1-3-5-10(6-7-11-8-10)9(12)13-4-2/h5-9H,3-4,10-14H2,1-2H3;6-11H2,1-5H3;11H,3-8H2,1-2H3. The number of benzene rings is 1. The van der Waals surface area contributed by atoms with Gasteiger partial charge in [0.15, 0.2) is 0 Å². The molecule has 4 rings (SSSR count). The van der Waals surface area contributed by atoms with Crippen molar-refractivity contribution in [3.05, 3.63) is 35.9 Å². The Morgan fingerprint density at radius 1 is 0.679 bits per heavy atom. The molecule has 3 aliphatic rings. The highest BCUT2D eigenvalue weighted by Crippen LogP contribution is 2.38. The first kappa shape index (κ1) is 46.0. The Morgan fingerprint density at radius 2 is 1.17 bits per heavy atom. The zero-order chi connectivity index (χ0) is 39.5. The van der Waals surface area contributed by atoms with Gasteiger partial charge in [0.2, 0.25) is 0 Å². The molecule has 1 aromatic carbocycles. The maximum atomic E-state index is 12.3. The van der Waals surface area contributed by atoms with E-state index >= 15 is 0 Å². The van der Waals surface area contributed by atoms with Crippen molar-refractivity contribution in [1.29, 1.82) is 0 Å². The molecule has 53 heavy (non-hydrogen) atoms. The third kappa shape index (κ3) is 13.9. The van der Waals surface area contributed by atoms with Crippen LogP contribution in [0.25, 0.3) is 0 Å². The van der Waals surface area contributed by atoms with E-state index in [4.69, 9.17) is 18.9 Å². The van der Waals surface area contributed by atoms with Gasteiger partial charge in [0, 0.05) is 32.7 Å². The van der Waals surface area contributed by atoms with Gasteiger partial charge in [0.1, 0.15) is 5.60 Å². The summed E-state index contributed by atoms with van der Waals surface area (Å²) in [5.41, 5.74) is -0.258. The fourth-order valence-corrected chi connectivity index (χ4v) is 7.76. The Balaban J connectivity index is 0.000000282. The Kier molecular flexibility index (Phi) is 19.3. The summed E-state index contributed by atoms with van der Waals surface area (Å²) >= 11 is 0. The highest BCUT2D eigenvalue weighted by molar-refractivity contribution is 5.80. The first-order valence-corrected chi connectivity index (χ1v) is 20.2. The molecule has 1 N–H and O–H groups in total. The lowest BCUT2D eigenvalue weighted by molar-refractivity contribution is -0.156. The number of hydrogen-bond donors (Lipinski definition) is 1. The van der Waals surface area contributed by atoms with E-state index in [1.54, 1.807) is 11.8 Å². The van der Waals surface area contributed by atoms with Crippen LogP contribution in [-0.4, -0.2) is 98.5 Å². The van der Waals surface area contributed by atoms with E-state index in [0.29, 0.717) is 39.3 Å². The minimum absolute atomic E-state index is 0.00240. The van der Waals surface area contributed by atoms with Gasteiger partial charge in [0.05, 0.1) is 36.1 Å². The summed E-state index contributed by atoms with van der Waals surface area (Å²) < 4.78 is 21.0. The number of likely N-dealkylation sites (tertiary alicyclic amines) is 2. The molecule has 3 atom stereocenters. The summed E-state index contributed by atoms with van der Waals surface area (Å²) in [4.78, 5) is 52.3. The average Bonchev–Trinajstić information content (AvgIpc) is 3.87. The molecule has 1 amide bonds. The Hall–Kier alpha value is -3.18. The molecule has 3 heterocycles. The summed E-state index contributed by atoms with van der Waals surface area (Å²) in [6.07, 6.45) is 7.73. The molecule has 0 radical (unpaired) electrons. The minimum atomic E-state index is -0.554. The molecule has 11 nitrogen and oxygen atoms in total. The second-order valence-electron chi connectivity index (χ2n) is 15.8. The highest BCUT2D eigenvalue weighted by Gasteiger charge is 2.48. The summed E-state index contributed by atoms with van der Waals surface area (Å²) in [5, 5.41) is 3.24. The van der Waals surface area contributed by atoms with Crippen LogP contribution in [0.2, 0.25) is 0 Å². The van der Waals surface area contributed by atoms with Crippen molar-refractivity contribution in [2.75, 3.05) is 59.1 Å². The average molecular weight is 746 g/mol. The maximum Gasteiger partial charge on any atom is 0.410 e. The van der Waals surface area contributed by atoms with Gasteiger partial charge >= 0.3 is 24.0 Å². The lowest BCUT2D eigenvalue weighted by Crippen LogP contribution is -2.40. The smallest absolute Gasteiger partial charge is 0.410 e. The van der Waals surface area contributed by atoms with Crippen molar-refractivity contribution in [3.8, 4) is 0 Å². The van der Waals surface area contributed by atoms with Gasteiger partial charge in [-0.3, -0.25) is 19.3 Å². The SMILES string of the molecule is CCCC1(C(=O)OCC)CCN(C(=O)OC(C)(C)C)C1.CCCC1(C(=O)OCC)CCN(Cc2ccccc2)C1.CCCC1(C(=O)OCC)CCNC1. The molecule has 1 aromatic rings. The first-order valence-electron chi connectivity index (χ1n) is 20.2. The Morgan fingerprint density at radius 3 is 1.64 bits per heavy atom. The largest absolute Gasteiger partial charge is 0.466 e. The molecular weight excluding hydrogens is 674 g/mol. The maximum absolute atomic E-state index is 12.3. The van der Waals surface area contributed by atoms with E-state index in [2.05, 4.69) is 48.3 Å². The summed E-state index contributed by atoms with van der Waals surface area (Å²) in [5.74, 6) is -0.202. The molecule has 3 unspecified atom stereocenters. The number of ether oxygens (including phenoxy) is 4. The lowest BCUT2D eigenvalue weighted by atomic mass is 9.82. The van der Waals surface area contributed by atoms with Crippen LogP contribution in [0, 0.1) is 16.2 Å². The van der Waals surface area contributed by atoms with Crippen LogP contribution >= 0.6 is 0 Å². The number of nitrogens with zero attached hydrogens (tertiary/aromatic N) is 2. The monoisotopic (exact) mass is 746 g/mol. The third-order valence-corrected chi connectivity index (χ3v) is 10.2. The molecule has 3 saturated heterocycles. The number of amides is 1. The zero-order valence-corrected chi connectivity index (χ0v) is 34.5. The molecule has 11 heteroatoms. The number of rotatable bonds is 14. The van der Waals surface area contributed by atoms with Crippen molar-refractivity contribution < 1.29 is 38.1 Å². The molecule has 0 aliphatic carbocycles. The van der Waals surface area contributed by atoms with Gasteiger partial charge in [-0.05, 0) is 98.7 Å².